The first-order valence-electron chi connectivity index (χ1n) is 10.4. The molecule has 0 aromatic carbocycles. The van der Waals surface area contributed by atoms with Gasteiger partial charge in [-0.1, -0.05) is 20.8 Å². The van der Waals surface area contributed by atoms with Crippen LogP contribution < -0.4 is 10.2 Å². The molecule has 1 amide bonds. The lowest BCUT2D eigenvalue weighted by Crippen LogP contribution is -2.43. The molecule has 2 aromatic heterocycles. The minimum atomic E-state index is -0.185. The largest absolute Gasteiger partial charge is 0.347 e. The van der Waals surface area contributed by atoms with Crippen LogP contribution in [-0.2, 0) is 23.1 Å². The van der Waals surface area contributed by atoms with Crippen LogP contribution in [0.1, 0.15) is 57.0 Å². The van der Waals surface area contributed by atoms with Crippen LogP contribution in [0.5, 0.6) is 0 Å². The lowest BCUT2D eigenvalue weighted by Gasteiger charge is -2.27. The Morgan fingerprint density at radius 1 is 1.24 bits per heavy atom. The fraction of sp³-hybridized carbons (Fsp3) is 0.619. The molecule has 0 saturated carbocycles. The van der Waals surface area contributed by atoms with E-state index in [1.807, 2.05) is 6.07 Å². The topological polar surface area (TPSA) is 90.0 Å². The zero-order chi connectivity index (χ0) is 20.8. The predicted octanol–water partition coefficient (Wildman–Crippen LogP) is 2.79. The Labute approximate surface area is 172 Å². The summed E-state index contributed by atoms with van der Waals surface area (Å²) in [6.07, 6.45) is 4.81. The van der Waals surface area contributed by atoms with Gasteiger partial charge in [-0.25, -0.2) is 4.98 Å². The number of carbonyl (C=O) groups excluding carboxylic acids is 1. The van der Waals surface area contributed by atoms with Crippen molar-refractivity contribution in [2.45, 2.75) is 64.3 Å². The van der Waals surface area contributed by atoms with Gasteiger partial charge in [-0.15, -0.1) is 0 Å². The number of likely N-dealkylation sites (N-methyl/N-ethyl adjacent to an activating group) is 1. The highest BCUT2D eigenvalue weighted by molar-refractivity contribution is 5.85. The zero-order valence-corrected chi connectivity index (χ0v) is 18.0. The summed E-state index contributed by atoms with van der Waals surface area (Å²) in [5.74, 6) is 2.34. The van der Waals surface area contributed by atoms with Gasteiger partial charge < -0.3 is 15.1 Å². The third-order valence-corrected chi connectivity index (χ3v) is 5.79. The maximum absolute atomic E-state index is 12.6. The van der Waals surface area contributed by atoms with Gasteiger partial charge in [0.05, 0.1) is 5.69 Å². The third-order valence-electron chi connectivity index (χ3n) is 5.79. The van der Waals surface area contributed by atoms with E-state index in [4.69, 9.17) is 9.97 Å². The second kappa shape index (κ2) is 7.31. The number of hydrogen-bond acceptors (Lipinski definition) is 6. The molecule has 0 radical (unpaired) electrons. The van der Waals surface area contributed by atoms with Gasteiger partial charge in [0.25, 0.3) is 0 Å². The molecule has 1 atom stereocenters. The van der Waals surface area contributed by atoms with Gasteiger partial charge in [-0.05, 0) is 32.1 Å². The number of carbonyl (C=O) groups is 1. The van der Waals surface area contributed by atoms with Gasteiger partial charge in [-0.2, -0.15) is 10.1 Å². The Balaban J connectivity index is 1.66. The minimum absolute atomic E-state index is 0.00101. The first-order chi connectivity index (χ1) is 13.7. The number of aryl methyl sites for hydroxylation is 1. The lowest BCUT2D eigenvalue weighted by molar-refractivity contribution is -0.129. The molecule has 1 saturated heterocycles. The maximum Gasteiger partial charge on any atom is 0.244 e. The highest BCUT2D eigenvalue weighted by Gasteiger charge is 2.34. The van der Waals surface area contributed by atoms with Crippen molar-refractivity contribution in [2.75, 3.05) is 30.9 Å². The Morgan fingerprint density at radius 3 is 2.72 bits per heavy atom. The number of hydrogen-bond donors (Lipinski definition) is 2. The molecule has 1 aliphatic heterocycles. The number of fused-ring (bicyclic) bond motifs is 1. The fourth-order valence-electron chi connectivity index (χ4n) is 4.10. The van der Waals surface area contributed by atoms with E-state index in [1.165, 1.54) is 5.56 Å². The van der Waals surface area contributed by atoms with Crippen LogP contribution >= 0.6 is 0 Å². The SMILES string of the molecule is CN(C)C(=O)C1CCCN1c1nc2c(c(Nc3cc(C(C)(C)C)[nH]n3)n1)CCC2. The highest BCUT2D eigenvalue weighted by atomic mass is 16.2. The summed E-state index contributed by atoms with van der Waals surface area (Å²) < 4.78 is 0. The van der Waals surface area contributed by atoms with Crippen molar-refractivity contribution in [1.29, 1.82) is 0 Å². The molecule has 8 nitrogen and oxygen atoms in total. The van der Waals surface area contributed by atoms with Gasteiger partial charge in [0.2, 0.25) is 11.9 Å². The van der Waals surface area contributed by atoms with Crippen LogP contribution in [0.3, 0.4) is 0 Å². The number of aromatic nitrogens is 4. The number of aromatic amines is 1. The first-order valence-corrected chi connectivity index (χ1v) is 10.4. The smallest absolute Gasteiger partial charge is 0.244 e. The van der Waals surface area contributed by atoms with E-state index in [9.17, 15) is 4.79 Å². The summed E-state index contributed by atoms with van der Waals surface area (Å²) in [6, 6.07) is 1.85. The second-order valence-corrected chi connectivity index (χ2v) is 9.28. The standard InChI is InChI=1S/C21H31N7O/c1-21(2,3)16-12-17(26-25-16)23-18-13-8-6-9-14(13)22-20(24-18)28-11-7-10-15(28)19(29)27(4)5/h12,15H,6-11H2,1-5H3,(H2,22,23,24,25,26). The number of amides is 1. The molecule has 3 heterocycles. The second-order valence-electron chi connectivity index (χ2n) is 9.28. The summed E-state index contributed by atoms with van der Waals surface area (Å²) in [5, 5.41) is 11.0. The Hall–Kier alpha value is -2.64. The minimum Gasteiger partial charge on any atom is -0.347 e. The van der Waals surface area contributed by atoms with Crippen molar-refractivity contribution in [3.05, 3.63) is 23.0 Å². The van der Waals surface area contributed by atoms with Gasteiger partial charge in [-0.3, -0.25) is 9.89 Å². The van der Waals surface area contributed by atoms with Crippen molar-refractivity contribution in [3.63, 3.8) is 0 Å². The van der Waals surface area contributed by atoms with Crippen LogP contribution in [0.25, 0.3) is 0 Å². The van der Waals surface area contributed by atoms with E-state index in [2.05, 4.69) is 41.2 Å². The molecule has 29 heavy (non-hydrogen) atoms. The van der Waals surface area contributed by atoms with Gasteiger partial charge >= 0.3 is 0 Å². The van der Waals surface area contributed by atoms with Crippen molar-refractivity contribution in [3.8, 4) is 0 Å². The van der Waals surface area contributed by atoms with Gasteiger partial charge in [0.1, 0.15) is 11.9 Å². The molecule has 2 aliphatic rings. The lowest BCUT2D eigenvalue weighted by atomic mass is 9.92. The molecule has 2 aromatic rings. The number of H-pyrrole nitrogens is 1. The highest BCUT2D eigenvalue weighted by Crippen LogP contribution is 2.33. The van der Waals surface area contributed by atoms with E-state index >= 15 is 0 Å². The van der Waals surface area contributed by atoms with E-state index in [-0.39, 0.29) is 17.4 Å². The average molecular weight is 398 g/mol. The van der Waals surface area contributed by atoms with Crippen LogP contribution in [0.4, 0.5) is 17.6 Å². The van der Waals surface area contributed by atoms with Crippen molar-refractivity contribution >= 4 is 23.5 Å². The average Bonchev–Trinajstić information content (AvgIpc) is 3.39. The van der Waals surface area contributed by atoms with Gasteiger partial charge in [0.15, 0.2) is 5.82 Å². The molecule has 0 spiro atoms. The van der Waals surface area contributed by atoms with Crippen LogP contribution in [0.2, 0.25) is 0 Å². The van der Waals surface area contributed by atoms with Crippen molar-refractivity contribution < 1.29 is 4.79 Å². The molecule has 1 unspecified atom stereocenters. The van der Waals surface area contributed by atoms with E-state index in [0.29, 0.717) is 5.95 Å². The van der Waals surface area contributed by atoms with Crippen LogP contribution in [0.15, 0.2) is 6.07 Å². The Kier molecular flexibility index (Phi) is 4.96. The number of rotatable bonds is 4. The number of anilines is 3. The Morgan fingerprint density at radius 2 is 2.03 bits per heavy atom. The number of nitrogens with one attached hydrogen (secondary N) is 2. The van der Waals surface area contributed by atoms with Crippen LogP contribution in [-0.4, -0.2) is 57.7 Å². The van der Waals surface area contributed by atoms with Crippen LogP contribution in [0, 0.1) is 0 Å². The van der Waals surface area contributed by atoms with E-state index in [0.717, 1.165) is 61.7 Å². The summed E-state index contributed by atoms with van der Waals surface area (Å²) in [6.45, 7) is 7.26. The number of nitrogens with zero attached hydrogens (tertiary/aromatic N) is 5. The Bertz CT molecular complexity index is 912. The monoisotopic (exact) mass is 397 g/mol. The molecule has 0 bridgehead atoms. The zero-order valence-electron chi connectivity index (χ0n) is 18.0. The predicted molar refractivity (Wildman–Crippen MR) is 114 cm³/mol. The van der Waals surface area contributed by atoms with E-state index in [1.54, 1.807) is 19.0 Å². The van der Waals surface area contributed by atoms with Gasteiger partial charge in [0, 0.05) is 43.4 Å². The fourth-order valence-corrected chi connectivity index (χ4v) is 4.10. The van der Waals surface area contributed by atoms with Crippen molar-refractivity contribution in [1.82, 2.24) is 25.1 Å². The summed E-state index contributed by atoms with van der Waals surface area (Å²) >= 11 is 0. The normalized spacial score (nSPS) is 18.8. The summed E-state index contributed by atoms with van der Waals surface area (Å²) in [7, 11) is 3.61. The molecule has 2 N–H and O–H groups in total. The summed E-state index contributed by atoms with van der Waals surface area (Å²) in [4.78, 5) is 26.1. The third kappa shape index (κ3) is 3.80. The molecule has 156 valence electrons. The van der Waals surface area contributed by atoms with E-state index < -0.39 is 0 Å². The molecule has 4 rings (SSSR count). The van der Waals surface area contributed by atoms with Crippen molar-refractivity contribution in [2.24, 2.45) is 0 Å². The molecular formula is C21H31N7O. The molecule has 8 heteroatoms. The quantitative estimate of drug-likeness (QED) is 0.825. The molecule has 1 fully saturated rings. The molecule has 1 aliphatic carbocycles. The molecular weight excluding hydrogens is 366 g/mol. The maximum atomic E-state index is 12.6. The first kappa shape index (κ1) is 19.7. The summed E-state index contributed by atoms with van der Waals surface area (Å²) in [5.41, 5.74) is 3.33.